The zero-order valence-electron chi connectivity index (χ0n) is 15.6. The number of carbonyl (C=O) groups excluding carboxylic acids is 2. The fraction of sp³-hybridized carbons (Fsp3) is 0.333. The van der Waals surface area contributed by atoms with E-state index in [1.165, 1.54) is 0 Å². The van der Waals surface area contributed by atoms with Crippen molar-refractivity contribution in [2.45, 2.75) is 12.8 Å². The summed E-state index contributed by atoms with van der Waals surface area (Å²) in [6.07, 6.45) is 0.811. The number of ether oxygens (including phenoxy) is 2. The van der Waals surface area contributed by atoms with Crippen molar-refractivity contribution in [3.8, 4) is 5.75 Å². The number of para-hydroxylation sites is 1. The Labute approximate surface area is 159 Å². The van der Waals surface area contributed by atoms with E-state index in [9.17, 15) is 9.59 Å². The van der Waals surface area contributed by atoms with Crippen molar-refractivity contribution in [1.82, 2.24) is 4.90 Å². The summed E-state index contributed by atoms with van der Waals surface area (Å²) >= 11 is 0. The Bertz CT molecular complexity index is 734. The summed E-state index contributed by atoms with van der Waals surface area (Å²) in [4.78, 5) is 26.0. The highest BCUT2D eigenvalue weighted by atomic mass is 16.5. The molecule has 2 aromatic carbocycles. The van der Waals surface area contributed by atoms with Crippen molar-refractivity contribution in [2.75, 3.05) is 33.4 Å². The number of carbonyl (C=O) groups is 2. The molecular formula is C21H26N2O4. The summed E-state index contributed by atoms with van der Waals surface area (Å²) in [7, 11) is 1.59. The van der Waals surface area contributed by atoms with Crippen molar-refractivity contribution in [3.05, 3.63) is 65.7 Å². The quantitative estimate of drug-likeness (QED) is 0.615. The molecule has 0 heterocycles. The number of methoxy groups -OCH3 is 1. The molecule has 0 unspecified atom stereocenters. The number of hydrogen-bond donors (Lipinski definition) is 1. The largest absolute Gasteiger partial charge is 0.490 e. The Morgan fingerprint density at radius 1 is 0.963 bits per heavy atom. The summed E-state index contributed by atoms with van der Waals surface area (Å²) in [5.74, 6) is -0.110. The molecule has 144 valence electrons. The van der Waals surface area contributed by atoms with Crippen LogP contribution in [0.1, 0.15) is 22.3 Å². The van der Waals surface area contributed by atoms with E-state index in [1.54, 1.807) is 30.2 Å². The molecular weight excluding hydrogens is 344 g/mol. The number of amides is 2. The summed E-state index contributed by atoms with van der Waals surface area (Å²) in [5, 5.41) is 0. The third kappa shape index (κ3) is 6.75. The van der Waals surface area contributed by atoms with Gasteiger partial charge in [0.2, 0.25) is 5.91 Å². The second-order valence-electron chi connectivity index (χ2n) is 6.08. The second kappa shape index (κ2) is 11.0. The fourth-order valence-corrected chi connectivity index (χ4v) is 2.64. The maximum Gasteiger partial charge on any atom is 0.257 e. The highest BCUT2D eigenvalue weighted by molar-refractivity contribution is 5.97. The maximum absolute atomic E-state index is 13.1. The van der Waals surface area contributed by atoms with Gasteiger partial charge in [0, 0.05) is 26.6 Å². The number of primary amides is 1. The number of nitrogens with two attached hydrogens (primary N) is 1. The van der Waals surface area contributed by atoms with Crippen molar-refractivity contribution >= 4 is 11.8 Å². The summed E-state index contributed by atoms with van der Waals surface area (Å²) in [6.45, 7) is 1.55. The van der Waals surface area contributed by atoms with Crippen LogP contribution in [0.15, 0.2) is 54.6 Å². The standard InChI is InChI=1S/C21H26N2O4/c1-26-15-16-27-19-10-6-5-9-18(19)21(25)23(14-12-20(22)24)13-11-17-7-3-2-4-8-17/h2-10H,11-16H2,1H3,(H2,22,24). The van der Waals surface area contributed by atoms with E-state index in [1.807, 2.05) is 36.4 Å². The first-order valence-electron chi connectivity index (χ1n) is 8.94. The molecule has 0 fully saturated rings. The lowest BCUT2D eigenvalue weighted by molar-refractivity contribution is -0.118. The Morgan fingerprint density at radius 2 is 1.67 bits per heavy atom. The Hall–Kier alpha value is -2.86. The van der Waals surface area contributed by atoms with Crippen molar-refractivity contribution in [2.24, 2.45) is 5.73 Å². The minimum absolute atomic E-state index is 0.118. The van der Waals surface area contributed by atoms with Gasteiger partial charge in [0.05, 0.1) is 12.2 Å². The molecule has 2 N–H and O–H groups in total. The van der Waals surface area contributed by atoms with Crippen LogP contribution in [0, 0.1) is 0 Å². The zero-order chi connectivity index (χ0) is 19.5. The van der Waals surface area contributed by atoms with Crippen LogP contribution in [0.25, 0.3) is 0 Å². The highest BCUT2D eigenvalue weighted by Gasteiger charge is 2.20. The van der Waals surface area contributed by atoms with Crippen LogP contribution >= 0.6 is 0 Å². The monoisotopic (exact) mass is 370 g/mol. The van der Waals surface area contributed by atoms with Crippen LogP contribution in [-0.4, -0.2) is 50.1 Å². The Morgan fingerprint density at radius 3 is 2.37 bits per heavy atom. The molecule has 27 heavy (non-hydrogen) atoms. The third-order valence-corrected chi connectivity index (χ3v) is 4.09. The molecule has 0 atom stereocenters. The van der Waals surface area contributed by atoms with Gasteiger partial charge in [-0.1, -0.05) is 42.5 Å². The zero-order valence-corrected chi connectivity index (χ0v) is 15.6. The minimum Gasteiger partial charge on any atom is -0.490 e. The van der Waals surface area contributed by atoms with Crippen LogP contribution < -0.4 is 10.5 Å². The molecule has 0 aliphatic carbocycles. The predicted octanol–water partition coefficient (Wildman–Crippen LogP) is 2.27. The Balaban J connectivity index is 2.13. The molecule has 2 amide bonds. The van der Waals surface area contributed by atoms with E-state index in [2.05, 4.69) is 0 Å². The van der Waals surface area contributed by atoms with Crippen molar-refractivity contribution in [3.63, 3.8) is 0 Å². The highest BCUT2D eigenvalue weighted by Crippen LogP contribution is 2.20. The lowest BCUT2D eigenvalue weighted by Crippen LogP contribution is -2.36. The fourth-order valence-electron chi connectivity index (χ4n) is 2.64. The molecule has 0 bridgehead atoms. The molecule has 6 nitrogen and oxygen atoms in total. The molecule has 0 aromatic heterocycles. The first-order chi connectivity index (χ1) is 13.1. The minimum atomic E-state index is -0.433. The van der Waals surface area contributed by atoms with Gasteiger partial charge in [0.25, 0.3) is 5.91 Å². The van der Waals surface area contributed by atoms with Gasteiger partial charge in [-0.25, -0.2) is 0 Å². The maximum atomic E-state index is 13.1. The van der Waals surface area contributed by atoms with Gasteiger partial charge in [-0.2, -0.15) is 0 Å². The molecule has 0 spiro atoms. The van der Waals surface area contributed by atoms with Crippen LogP contribution in [-0.2, 0) is 16.0 Å². The van der Waals surface area contributed by atoms with Crippen LogP contribution in [0.2, 0.25) is 0 Å². The molecule has 0 aliphatic rings. The van der Waals surface area contributed by atoms with E-state index in [0.717, 1.165) is 5.56 Å². The SMILES string of the molecule is COCCOc1ccccc1C(=O)N(CCC(N)=O)CCc1ccccc1. The molecule has 0 aliphatic heterocycles. The summed E-state index contributed by atoms with van der Waals surface area (Å²) in [6, 6.07) is 17.0. The van der Waals surface area contributed by atoms with Gasteiger partial charge < -0.3 is 20.1 Å². The Kier molecular flexibility index (Phi) is 8.32. The number of nitrogens with zero attached hydrogens (tertiary/aromatic N) is 1. The van der Waals surface area contributed by atoms with E-state index in [4.69, 9.17) is 15.2 Å². The van der Waals surface area contributed by atoms with Crippen LogP contribution in [0.5, 0.6) is 5.75 Å². The number of rotatable bonds is 11. The molecule has 2 rings (SSSR count). The predicted molar refractivity (Wildman–Crippen MR) is 104 cm³/mol. The third-order valence-electron chi connectivity index (χ3n) is 4.09. The van der Waals surface area contributed by atoms with Gasteiger partial charge in [-0.3, -0.25) is 9.59 Å². The lowest BCUT2D eigenvalue weighted by Gasteiger charge is -2.23. The van der Waals surface area contributed by atoms with E-state index < -0.39 is 5.91 Å². The average Bonchev–Trinajstić information content (AvgIpc) is 2.69. The van der Waals surface area contributed by atoms with Gasteiger partial charge in [-0.15, -0.1) is 0 Å². The number of benzene rings is 2. The second-order valence-corrected chi connectivity index (χ2v) is 6.08. The van der Waals surface area contributed by atoms with E-state index in [-0.39, 0.29) is 18.9 Å². The molecule has 6 heteroatoms. The lowest BCUT2D eigenvalue weighted by atomic mass is 10.1. The van der Waals surface area contributed by atoms with Gasteiger partial charge in [0.1, 0.15) is 12.4 Å². The smallest absolute Gasteiger partial charge is 0.257 e. The van der Waals surface area contributed by atoms with E-state index >= 15 is 0 Å². The average molecular weight is 370 g/mol. The molecule has 2 aromatic rings. The number of hydrogen-bond acceptors (Lipinski definition) is 4. The normalized spacial score (nSPS) is 10.4. The van der Waals surface area contributed by atoms with E-state index in [0.29, 0.717) is 37.5 Å². The van der Waals surface area contributed by atoms with Crippen molar-refractivity contribution in [1.29, 1.82) is 0 Å². The first kappa shape index (κ1) is 20.5. The van der Waals surface area contributed by atoms with Gasteiger partial charge in [-0.05, 0) is 24.1 Å². The van der Waals surface area contributed by atoms with Crippen molar-refractivity contribution < 1.29 is 19.1 Å². The summed E-state index contributed by atoms with van der Waals surface area (Å²) in [5.41, 5.74) is 6.87. The summed E-state index contributed by atoms with van der Waals surface area (Å²) < 4.78 is 10.7. The molecule has 0 saturated heterocycles. The molecule has 0 saturated carbocycles. The van der Waals surface area contributed by atoms with Gasteiger partial charge in [0.15, 0.2) is 0 Å². The molecule has 0 radical (unpaired) electrons. The van der Waals surface area contributed by atoms with Crippen LogP contribution in [0.4, 0.5) is 0 Å². The van der Waals surface area contributed by atoms with Gasteiger partial charge >= 0.3 is 0 Å². The van der Waals surface area contributed by atoms with Crippen LogP contribution in [0.3, 0.4) is 0 Å². The first-order valence-corrected chi connectivity index (χ1v) is 8.94. The topological polar surface area (TPSA) is 81.9 Å².